The minimum Gasteiger partial charge on any atom is -0.454 e. The number of carbonyl (C=O) groups is 1. The highest BCUT2D eigenvalue weighted by molar-refractivity contribution is 7.99. The smallest absolute Gasteiger partial charge is 0.253 e. The van der Waals surface area contributed by atoms with Gasteiger partial charge in [0, 0.05) is 47.3 Å². The fourth-order valence-corrected chi connectivity index (χ4v) is 4.45. The molecule has 1 aromatic heterocycles. The van der Waals surface area contributed by atoms with Gasteiger partial charge in [0.05, 0.1) is 5.52 Å². The van der Waals surface area contributed by atoms with Crippen molar-refractivity contribution in [1.29, 1.82) is 0 Å². The maximum Gasteiger partial charge on any atom is 0.253 e. The van der Waals surface area contributed by atoms with E-state index in [1.54, 1.807) is 6.07 Å². The van der Waals surface area contributed by atoms with Gasteiger partial charge in [-0.25, -0.2) is 4.98 Å². The van der Waals surface area contributed by atoms with Gasteiger partial charge in [0.25, 0.3) is 5.91 Å². The lowest BCUT2D eigenvalue weighted by atomic mass is 10.1. The molecule has 0 saturated carbocycles. The summed E-state index contributed by atoms with van der Waals surface area (Å²) in [7, 11) is 0. The number of nitrogens with zero attached hydrogens (tertiary/aromatic N) is 3. The molecule has 0 radical (unpaired) electrons. The van der Waals surface area contributed by atoms with E-state index in [9.17, 15) is 4.79 Å². The van der Waals surface area contributed by atoms with Gasteiger partial charge in [-0.2, -0.15) is 16.7 Å². The molecule has 148 valence electrons. The highest BCUT2D eigenvalue weighted by atomic mass is 35.5. The van der Waals surface area contributed by atoms with E-state index in [2.05, 4.69) is 15.3 Å². The van der Waals surface area contributed by atoms with Crippen LogP contribution < -0.4 is 14.8 Å². The number of carbonyl (C=O) groups excluding carboxylic acids is 1. The lowest BCUT2D eigenvalue weighted by molar-refractivity contribution is 0.0772. The molecule has 5 rings (SSSR count). The standard InChI is InChI=1S/C20H17ClN4O3S/c21-20-23-15-10-17-16(27-11-28-17)9-14(15)18(24-20)22-13-3-1-12(2-4-13)19(26)25-5-7-29-8-6-25/h1-4,9-10H,5-8,11H2,(H,22,23,24). The number of nitrogens with one attached hydrogen (secondary N) is 1. The van der Waals surface area contributed by atoms with Crippen LogP contribution in [0.2, 0.25) is 5.28 Å². The highest BCUT2D eigenvalue weighted by Gasteiger charge is 2.19. The second-order valence-electron chi connectivity index (χ2n) is 6.67. The molecule has 29 heavy (non-hydrogen) atoms. The van der Waals surface area contributed by atoms with Crippen LogP contribution >= 0.6 is 23.4 Å². The molecule has 2 aliphatic heterocycles. The second kappa shape index (κ2) is 7.61. The van der Waals surface area contributed by atoms with E-state index in [-0.39, 0.29) is 18.0 Å². The molecule has 3 heterocycles. The number of benzene rings is 2. The number of amides is 1. The highest BCUT2D eigenvalue weighted by Crippen LogP contribution is 2.38. The van der Waals surface area contributed by atoms with E-state index in [4.69, 9.17) is 21.1 Å². The molecule has 0 aliphatic carbocycles. The van der Waals surface area contributed by atoms with E-state index < -0.39 is 0 Å². The van der Waals surface area contributed by atoms with Crippen LogP contribution in [0.1, 0.15) is 10.4 Å². The first-order valence-electron chi connectivity index (χ1n) is 9.18. The maximum absolute atomic E-state index is 12.6. The zero-order valence-corrected chi connectivity index (χ0v) is 16.9. The molecule has 2 aromatic carbocycles. The average Bonchev–Trinajstić information content (AvgIpc) is 3.20. The molecule has 2 aliphatic rings. The van der Waals surface area contributed by atoms with Gasteiger partial charge in [0.15, 0.2) is 11.5 Å². The number of fused-ring (bicyclic) bond motifs is 2. The third-order valence-electron chi connectivity index (χ3n) is 4.86. The molecule has 1 amide bonds. The van der Waals surface area contributed by atoms with Gasteiger partial charge in [-0.3, -0.25) is 4.79 Å². The Hall–Kier alpha value is -2.71. The first-order valence-corrected chi connectivity index (χ1v) is 10.7. The van der Waals surface area contributed by atoms with Crippen molar-refractivity contribution in [2.24, 2.45) is 0 Å². The summed E-state index contributed by atoms with van der Waals surface area (Å²) in [6.07, 6.45) is 0. The van der Waals surface area contributed by atoms with E-state index >= 15 is 0 Å². The Balaban J connectivity index is 1.41. The first-order chi connectivity index (χ1) is 14.2. The Bertz CT molecular complexity index is 1090. The van der Waals surface area contributed by atoms with Gasteiger partial charge in [-0.15, -0.1) is 0 Å². The quantitative estimate of drug-likeness (QED) is 0.633. The lowest BCUT2D eigenvalue weighted by Crippen LogP contribution is -2.37. The van der Waals surface area contributed by atoms with Crippen LogP contribution in [0.5, 0.6) is 11.5 Å². The van der Waals surface area contributed by atoms with Crippen molar-refractivity contribution in [3.05, 3.63) is 47.2 Å². The number of halogens is 1. The third-order valence-corrected chi connectivity index (χ3v) is 5.97. The van der Waals surface area contributed by atoms with Gasteiger partial charge >= 0.3 is 0 Å². The third kappa shape index (κ3) is 3.65. The Morgan fingerprint density at radius 3 is 2.55 bits per heavy atom. The summed E-state index contributed by atoms with van der Waals surface area (Å²) in [5.41, 5.74) is 2.13. The van der Waals surface area contributed by atoms with Crippen LogP contribution in [0.3, 0.4) is 0 Å². The Morgan fingerprint density at radius 1 is 1.07 bits per heavy atom. The van der Waals surface area contributed by atoms with Crippen molar-refractivity contribution < 1.29 is 14.3 Å². The summed E-state index contributed by atoms with van der Waals surface area (Å²) in [6.45, 7) is 1.77. The van der Waals surface area contributed by atoms with Crippen molar-refractivity contribution in [1.82, 2.24) is 14.9 Å². The molecule has 0 atom stereocenters. The van der Waals surface area contributed by atoms with Crippen LogP contribution in [-0.4, -0.2) is 52.2 Å². The summed E-state index contributed by atoms with van der Waals surface area (Å²) in [4.78, 5) is 23.1. The normalized spacial score (nSPS) is 15.6. The molecule has 3 aromatic rings. The SMILES string of the molecule is O=C(c1ccc(Nc2nc(Cl)nc3cc4c(cc23)OCO4)cc1)N1CCSCC1. The molecule has 9 heteroatoms. The van der Waals surface area contributed by atoms with Crippen LogP contribution in [0.25, 0.3) is 10.9 Å². The van der Waals surface area contributed by atoms with Crippen LogP contribution in [0.15, 0.2) is 36.4 Å². The lowest BCUT2D eigenvalue weighted by Gasteiger charge is -2.26. The van der Waals surface area contributed by atoms with Gasteiger partial charge in [-0.1, -0.05) is 0 Å². The topological polar surface area (TPSA) is 76.6 Å². The number of thioether (sulfide) groups is 1. The molecule has 0 spiro atoms. The molecular weight excluding hydrogens is 412 g/mol. The predicted molar refractivity (Wildman–Crippen MR) is 114 cm³/mol. The Morgan fingerprint density at radius 2 is 1.79 bits per heavy atom. The van der Waals surface area contributed by atoms with Crippen LogP contribution in [0, 0.1) is 0 Å². The molecule has 1 N–H and O–H groups in total. The zero-order valence-electron chi connectivity index (χ0n) is 15.4. The minimum absolute atomic E-state index is 0.0695. The molecule has 7 nitrogen and oxygen atoms in total. The molecule has 1 fully saturated rings. The Kier molecular flexibility index (Phi) is 4.81. The number of hydrogen-bond donors (Lipinski definition) is 1. The van der Waals surface area contributed by atoms with E-state index in [1.807, 2.05) is 47.0 Å². The van der Waals surface area contributed by atoms with Gasteiger partial charge in [-0.05, 0) is 41.9 Å². The van der Waals surface area contributed by atoms with Gasteiger partial charge in [0.2, 0.25) is 12.1 Å². The van der Waals surface area contributed by atoms with Crippen molar-refractivity contribution in [3.63, 3.8) is 0 Å². The predicted octanol–water partition coefficient (Wildman–Crippen LogP) is 3.94. The first kappa shape index (κ1) is 18.3. The monoisotopic (exact) mass is 428 g/mol. The fourth-order valence-electron chi connectivity index (χ4n) is 3.37. The summed E-state index contributed by atoms with van der Waals surface area (Å²) in [6, 6.07) is 11.0. The van der Waals surface area contributed by atoms with E-state index in [0.717, 1.165) is 35.7 Å². The summed E-state index contributed by atoms with van der Waals surface area (Å²) < 4.78 is 10.9. The molecule has 0 bridgehead atoms. The molecule has 0 unspecified atom stereocenters. The largest absolute Gasteiger partial charge is 0.454 e. The van der Waals surface area contributed by atoms with Crippen molar-refractivity contribution in [3.8, 4) is 11.5 Å². The second-order valence-corrected chi connectivity index (χ2v) is 8.23. The van der Waals surface area contributed by atoms with E-state index in [0.29, 0.717) is 28.4 Å². The zero-order chi connectivity index (χ0) is 19.8. The summed E-state index contributed by atoms with van der Waals surface area (Å²) in [5.74, 6) is 3.89. The number of rotatable bonds is 3. The van der Waals surface area contributed by atoms with E-state index in [1.165, 1.54) is 0 Å². The number of hydrogen-bond acceptors (Lipinski definition) is 7. The maximum atomic E-state index is 12.6. The Labute approximate surface area is 176 Å². The van der Waals surface area contributed by atoms with Crippen molar-refractivity contribution >= 4 is 51.7 Å². The van der Waals surface area contributed by atoms with Crippen LogP contribution in [0.4, 0.5) is 11.5 Å². The minimum atomic E-state index is 0.0695. The van der Waals surface area contributed by atoms with Gasteiger partial charge < -0.3 is 19.7 Å². The number of aromatic nitrogens is 2. The summed E-state index contributed by atoms with van der Waals surface area (Å²) >= 11 is 7.99. The summed E-state index contributed by atoms with van der Waals surface area (Å²) in [5, 5.41) is 4.17. The molecular formula is C20H17ClN4O3S. The van der Waals surface area contributed by atoms with Crippen molar-refractivity contribution in [2.75, 3.05) is 36.7 Å². The van der Waals surface area contributed by atoms with Crippen molar-refractivity contribution in [2.45, 2.75) is 0 Å². The number of anilines is 2. The van der Waals surface area contributed by atoms with Gasteiger partial charge in [0.1, 0.15) is 5.82 Å². The average molecular weight is 429 g/mol. The fraction of sp³-hybridized carbons (Fsp3) is 0.250. The van der Waals surface area contributed by atoms with Crippen LogP contribution in [-0.2, 0) is 0 Å². The molecule has 1 saturated heterocycles. The number of ether oxygens (including phenoxy) is 2.